The number of nitrogens with two attached hydrogens (primary N) is 1. The SMILES string of the molecule is CC1(C)CCCC1C(=O)NCCC(N)c1ccccc1. The van der Waals surface area contributed by atoms with Gasteiger partial charge in [-0.15, -0.1) is 0 Å². The molecule has 1 saturated carbocycles. The quantitative estimate of drug-likeness (QED) is 0.867. The van der Waals surface area contributed by atoms with Gasteiger partial charge in [0.25, 0.3) is 0 Å². The predicted molar refractivity (Wildman–Crippen MR) is 82.1 cm³/mol. The molecule has 2 rings (SSSR count). The van der Waals surface area contributed by atoms with Crippen molar-refractivity contribution in [3.63, 3.8) is 0 Å². The van der Waals surface area contributed by atoms with Crippen LogP contribution < -0.4 is 11.1 Å². The molecular weight excluding hydrogens is 248 g/mol. The second-order valence-electron chi connectivity index (χ2n) is 6.53. The van der Waals surface area contributed by atoms with E-state index in [4.69, 9.17) is 5.73 Å². The van der Waals surface area contributed by atoms with E-state index in [1.165, 1.54) is 0 Å². The Balaban J connectivity index is 1.77. The van der Waals surface area contributed by atoms with Crippen molar-refractivity contribution in [1.29, 1.82) is 0 Å². The summed E-state index contributed by atoms with van der Waals surface area (Å²) in [4.78, 5) is 12.2. The van der Waals surface area contributed by atoms with Crippen molar-refractivity contribution in [3.8, 4) is 0 Å². The smallest absolute Gasteiger partial charge is 0.223 e. The lowest BCUT2D eigenvalue weighted by molar-refractivity contribution is -0.127. The molecule has 1 aliphatic rings. The van der Waals surface area contributed by atoms with Crippen LogP contribution >= 0.6 is 0 Å². The molecule has 1 aromatic carbocycles. The maximum atomic E-state index is 12.2. The standard InChI is InChI=1S/C17H26N2O/c1-17(2)11-6-9-14(17)16(20)19-12-10-15(18)13-7-4-3-5-8-13/h3-5,7-8,14-15H,6,9-12,18H2,1-2H3,(H,19,20). The van der Waals surface area contributed by atoms with Gasteiger partial charge in [-0.3, -0.25) is 4.79 Å². The minimum Gasteiger partial charge on any atom is -0.356 e. The molecule has 0 saturated heterocycles. The molecule has 1 aromatic rings. The van der Waals surface area contributed by atoms with Gasteiger partial charge in [-0.05, 0) is 30.2 Å². The Morgan fingerprint density at radius 3 is 2.70 bits per heavy atom. The summed E-state index contributed by atoms with van der Waals surface area (Å²) in [6, 6.07) is 10.0. The van der Waals surface area contributed by atoms with E-state index in [0.29, 0.717) is 6.54 Å². The molecule has 2 unspecified atom stereocenters. The first-order chi connectivity index (χ1) is 9.50. The first kappa shape index (κ1) is 15.0. The van der Waals surface area contributed by atoms with Crippen molar-refractivity contribution in [2.75, 3.05) is 6.54 Å². The Morgan fingerprint density at radius 2 is 2.10 bits per heavy atom. The summed E-state index contributed by atoms with van der Waals surface area (Å²) in [7, 11) is 0. The first-order valence-corrected chi connectivity index (χ1v) is 7.59. The Morgan fingerprint density at radius 1 is 1.40 bits per heavy atom. The molecule has 1 aliphatic carbocycles. The fourth-order valence-corrected chi connectivity index (χ4v) is 3.15. The van der Waals surface area contributed by atoms with E-state index in [1.54, 1.807) is 0 Å². The summed E-state index contributed by atoms with van der Waals surface area (Å²) in [5.74, 6) is 0.364. The summed E-state index contributed by atoms with van der Waals surface area (Å²) in [6.07, 6.45) is 4.11. The summed E-state index contributed by atoms with van der Waals surface area (Å²) >= 11 is 0. The van der Waals surface area contributed by atoms with Crippen molar-refractivity contribution >= 4 is 5.91 Å². The van der Waals surface area contributed by atoms with Crippen LogP contribution in [0.25, 0.3) is 0 Å². The molecule has 1 amide bonds. The lowest BCUT2D eigenvalue weighted by Gasteiger charge is -2.26. The Hall–Kier alpha value is -1.35. The van der Waals surface area contributed by atoms with Crippen LogP contribution in [-0.4, -0.2) is 12.5 Å². The maximum absolute atomic E-state index is 12.2. The van der Waals surface area contributed by atoms with Crippen LogP contribution in [0.1, 0.15) is 51.1 Å². The molecular formula is C17H26N2O. The number of amides is 1. The molecule has 110 valence electrons. The molecule has 0 aliphatic heterocycles. The normalized spacial score (nSPS) is 22.4. The predicted octanol–water partition coefficient (Wildman–Crippen LogP) is 3.02. The lowest BCUT2D eigenvalue weighted by Crippen LogP contribution is -2.37. The van der Waals surface area contributed by atoms with Gasteiger partial charge < -0.3 is 11.1 Å². The van der Waals surface area contributed by atoms with Crippen LogP contribution in [0, 0.1) is 11.3 Å². The fraction of sp³-hybridized carbons (Fsp3) is 0.588. The molecule has 2 atom stereocenters. The summed E-state index contributed by atoms with van der Waals surface area (Å²) in [5.41, 5.74) is 7.41. The van der Waals surface area contributed by atoms with E-state index in [1.807, 2.05) is 30.3 Å². The number of benzene rings is 1. The Labute approximate surface area is 121 Å². The number of rotatable bonds is 5. The number of hydrogen-bond acceptors (Lipinski definition) is 2. The van der Waals surface area contributed by atoms with E-state index in [9.17, 15) is 4.79 Å². The highest BCUT2D eigenvalue weighted by atomic mass is 16.1. The van der Waals surface area contributed by atoms with Crippen molar-refractivity contribution < 1.29 is 4.79 Å². The minimum absolute atomic E-state index is 0.00640. The van der Waals surface area contributed by atoms with Gasteiger partial charge in [0.1, 0.15) is 0 Å². The van der Waals surface area contributed by atoms with Crippen molar-refractivity contribution in [2.45, 2.75) is 45.6 Å². The average molecular weight is 274 g/mol. The van der Waals surface area contributed by atoms with Crippen molar-refractivity contribution in [2.24, 2.45) is 17.1 Å². The third-order valence-corrected chi connectivity index (χ3v) is 4.56. The maximum Gasteiger partial charge on any atom is 0.223 e. The summed E-state index contributed by atoms with van der Waals surface area (Å²) in [6.45, 7) is 5.04. The lowest BCUT2D eigenvalue weighted by atomic mass is 9.81. The van der Waals surface area contributed by atoms with Crippen LogP contribution in [-0.2, 0) is 4.79 Å². The molecule has 0 spiro atoms. The van der Waals surface area contributed by atoms with Gasteiger partial charge in [0.2, 0.25) is 5.91 Å². The first-order valence-electron chi connectivity index (χ1n) is 7.59. The highest BCUT2D eigenvalue weighted by Crippen LogP contribution is 2.42. The van der Waals surface area contributed by atoms with Gasteiger partial charge in [0.15, 0.2) is 0 Å². The van der Waals surface area contributed by atoms with E-state index in [-0.39, 0.29) is 23.3 Å². The number of carbonyl (C=O) groups is 1. The van der Waals surface area contributed by atoms with Gasteiger partial charge in [0.05, 0.1) is 0 Å². The van der Waals surface area contributed by atoms with Gasteiger partial charge >= 0.3 is 0 Å². The zero-order chi connectivity index (χ0) is 14.6. The van der Waals surface area contributed by atoms with E-state index < -0.39 is 0 Å². The number of nitrogens with one attached hydrogen (secondary N) is 1. The summed E-state index contributed by atoms with van der Waals surface area (Å²) < 4.78 is 0. The third-order valence-electron chi connectivity index (χ3n) is 4.56. The van der Waals surface area contributed by atoms with Crippen LogP contribution in [0.4, 0.5) is 0 Å². The third kappa shape index (κ3) is 3.60. The molecule has 0 bridgehead atoms. The van der Waals surface area contributed by atoms with Crippen LogP contribution in [0.3, 0.4) is 0 Å². The second kappa shape index (κ2) is 6.40. The fourth-order valence-electron chi connectivity index (χ4n) is 3.15. The molecule has 1 fully saturated rings. The van der Waals surface area contributed by atoms with E-state index >= 15 is 0 Å². The van der Waals surface area contributed by atoms with Crippen molar-refractivity contribution in [1.82, 2.24) is 5.32 Å². The average Bonchev–Trinajstić information content (AvgIpc) is 2.79. The molecule has 3 heteroatoms. The monoisotopic (exact) mass is 274 g/mol. The zero-order valence-corrected chi connectivity index (χ0v) is 12.6. The van der Waals surface area contributed by atoms with Crippen LogP contribution in [0.5, 0.6) is 0 Å². The largest absolute Gasteiger partial charge is 0.356 e. The molecule has 0 heterocycles. The molecule has 3 nitrogen and oxygen atoms in total. The Kier molecular flexibility index (Phi) is 4.81. The molecule has 0 aromatic heterocycles. The van der Waals surface area contributed by atoms with E-state index in [0.717, 1.165) is 31.2 Å². The topological polar surface area (TPSA) is 55.1 Å². The molecule has 3 N–H and O–H groups in total. The van der Waals surface area contributed by atoms with Gasteiger partial charge in [0, 0.05) is 18.5 Å². The van der Waals surface area contributed by atoms with Crippen LogP contribution in [0.2, 0.25) is 0 Å². The van der Waals surface area contributed by atoms with Crippen molar-refractivity contribution in [3.05, 3.63) is 35.9 Å². The number of carbonyl (C=O) groups excluding carboxylic acids is 1. The van der Waals surface area contributed by atoms with Gasteiger partial charge in [-0.2, -0.15) is 0 Å². The van der Waals surface area contributed by atoms with Gasteiger partial charge in [-0.1, -0.05) is 50.6 Å². The molecule has 0 radical (unpaired) electrons. The van der Waals surface area contributed by atoms with Crippen LogP contribution in [0.15, 0.2) is 30.3 Å². The van der Waals surface area contributed by atoms with Gasteiger partial charge in [-0.25, -0.2) is 0 Å². The number of hydrogen-bond donors (Lipinski definition) is 2. The van der Waals surface area contributed by atoms with E-state index in [2.05, 4.69) is 19.2 Å². The highest BCUT2D eigenvalue weighted by molar-refractivity contribution is 5.79. The molecule has 20 heavy (non-hydrogen) atoms. The zero-order valence-electron chi connectivity index (χ0n) is 12.6. The Bertz CT molecular complexity index is 442. The second-order valence-corrected chi connectivity index (χ2v) is 6.53. The minimum atomic E-state index is -0.00640. The summed E-state index contributed by atoms with van der Waals surface area (Å²) in [5, 5.41) is 3.06. The highest BCUT2D eigenvalue weighted by Gasteiger charge is 2.38.